The van der Waals surface area contributed by atoms with Gasteiger partial charge < -0.3 is 11.1 Å². The molecule has 7 nitrogen and oxygen atoms in total. The van der Waals surface area contributed by atoms with Crippen LogP contribution in [0.1, 0.15) is 11.3 Å². The highest BCUT2D eigenvalue weighted by Gasteiger charge is 2.16. The van der Waals surface area contributed by atoms with Gasteiger partial charge in [-0.1, -0.05) is 17.7 Å². The minimum Gasteiger partial charge on any atom is -0.364 e. The molecule has 0 spiro atoms. The van der Waals surface area contributed by atoms with Crippen molar-refractivity contribution in [2.75, 3.05) is 23.1 Å². The van der Waals surface area contributed by atoms with E-state index < -0.39 is 10.0 Å². The Morgan fingerprint density at radius 2 is 1.82 bits per heavy atom. The summed E-state index contributed by atoms with van der Waals surface area (Å²) in [6, 6.07) is 8.34. The number of sulfonamides is 1. The number of hydrogen-bond donors (Lipinski definition) is 3. The van der Waals surface area contributed by atoms with E-state index >= 15 is 0 Å². The van der Waals surface area contributed by atoms with Crippen LogP contribution in [0.5, 0.6) is 0 Å². The van der Waals surface area contributed by atoms with Gasteiger partial charge in [-0.2, -0.15) is 4.98 Å². The summed E-state index contributed by atoms with van der Waals surface area (Å²) >= 11 is 0. The number of hydrogen-bond acceptors (Lipinski definition) is 5. The third kappa shape index (κ3) is 4.15. The Hall–Kier alpha value is -2.19. The summed E-state index contributed by atoms with van der Waals surface area (Å²) in [6.07, 6.45) is 0. The van der Waals surface area contributed by atoms with Crippen LogP contribution in [0.2, 0.25) is 0 Å². The molecule has 0 aliphatic carbocycles. The van der Waals surface area contributed by atoms with Crippen molar-refractivity contribution in [3.63, 3.8) is 0 Å². The molecule has 2 aromatic rings. The van der Waals surface area contributed by atoms with Crippen LogP contribution in [0, 0.1) is 13.8 Å². The van der Waals surface area contributed by atoms with E-state index in [1.54, 1.807) is 37.3 Å². The molecule has 2 rings (SSSR count). The summed E-state index contributed by atoms with van der Waals surface area (Å²) in [7, 11) is -3.70. The van der Waals surface area contributed by atoms with Crippen LogP contribution in [-0.4, -0.2) is 31.5 Å². The number of rotatable bonds is 6. The van der Waals surface area contributed by atoms with E-state index in [0.29, 0.717) is 24.6 Å². The van der Waals surface area contributed by atoms with Crippen molar-refractivity contribution < 1.29 is 14.2 Å². The number of aryl methyl sites for hydroxylation is 2. The normalized spacial score (nSPS) is 11.2. The largest absolute Gasteiger partial charge is 0.364 e. The lowest BCUT2D eigenvalue weighted by Crippen LogP contribution is -2.53. The first-order chi connectivity index (χ1) is 10.4. The first-order valence-electron chi connectivity index (χ1n) is 6.89. The highest BCUT2D eigenvalue weighted by molar-refractivity contribution is 7.92. The lowest BCUT2D eigenvalue weighted by Gasteiger charge is -2.10. The van der Waals surface area contributed by atoms with Gasteiger partial charge in [0, 0.05) is 11.8 Å². The predicted molar refractivity (Wildman–Crippen MR) is 85.0 cm³/mol. The number of quaternary nitrogens is 1. The number of aromatic nitrogens is 2. The maximum absolute atomic E-state index is 12.3. The maximum atomic E-state index is 12.3. The van der Waals surface area contributed by atoms with Crippen LogP contribution in [0.15, 0.2) is 35.2 Å². The summed E-state index contributed by atoms with van der Waals surface area (Å²) in [5, 5.41) is 3.06. The zero-order valence-electron chi connectivity index (χ0n) is 12.6. The second-order valence-corrected chi connectivity index (χ2v) is 6.60. The van der Waals surface area contributed by atoms with Crippen molar-refractivity contribution in [2.45, 2.75) is 18.7 Å². The molecule has 1 aromatic heterocycles. The zero-order chi connectivity index (χ0) is 16.2. The smallest absolute Gasteiger partial charge is 0.264 e. The number of nitrogens with one attached hydrogen (secondary N) is 2. The molecule has 0 unspecified atom stereocenters. The summed E-state index contributed by atoms with van der Waals surface area (Å²) in [6.45, 7) is 5.03. The Balaban J connectivity index is 2.25. The fourth-order valence-electron chi connectivity index (χ4n) is 1.82. The van der Waals surface area contributed by atoms with Crippen LogP contribution in [0.3, 0.4) is 0 Å². The highest BCUT2D eigenvalue weighted by Crippen LogP contribution is 2.16. The molecule has 118 valence electrons. The molecular weight excluding hydrogens is 302 g/mol. The second kappa shape index (κ2) is 6.71. The Labute approximate surface area is 130 Å². The van der Waals surface area contributed by atoms with E-state index in [1.165, 1.54) is 0 Å². The quantitative estimate of drug-likeness (QED) is 0.719. The van der Waals surface area contributed by atoms with Crippen LogP contribution < -0.4 is 15.8 Å². The van der Waals surface area contributed by atoms with Gasteiger partial charge >= 0.3 is 0 Å². The van der Waals surface area contributed by atoms with Crippen molar-refractivity contribution >= 4 is 21.8 Å². The van der Waals surface area contributed by atoms with Gasteiger partial charge in [-0.3, -0.25) is 0 Å². The minimum atomic E-state index is -3.70. The van der Waals surface area contributed by atoms with E-state index in [0.717, 1.165) is 5.56 Å². The van der Waals surface area contributed by atoms with E-state index in [2.05, 4.69) is 25.7 Å². The van der Waals surface area contributed by atoms with Crippen molar-refractivity contribution in [2.24, 2.45) is 0 Å². The molecule has 0 amide bonds. The third-order valence-electron chi connectivity index (χ3n) is 2.89. The Morgan fingerprint density at radius 3 is 2.45 bits per heavy atom. The van der Waals surface area contributed by atoms with E-state index in [1.807, 2.05) is 6.92 Å². The van der Waals surface area contributed by atoms with Gasteiger partial charge in [0.25, 0.3) is 10.0 Å². The second-order valence-electron chi connectivity index (χ2n) is 4.92. The van der Waals surface area contributed by atoms with Crippen molar-refractivity contribution in [1.29, 1.82) is 0 Å². The van der Waals surface area contributed by atoms with Gasteiger partial charge in [-0.15, -0.1) is 0 Å². The summed E-state index contributed by atoms with van der Waals surface area (Å²) in [5.74, 6) is 0.616. The van der Waals surface area contributed by atoms with Gasteiger partial charge in [-0.05, 0) is 26.0 Å². The van der Waals surface area contributed by atoms with Crippen LogP contribution in [-0.2, 0) is 10.0 Å². The van der Waals surface area contributed by atoms with Crippen molar-refractivity contribution in [3.05, 3.63) is 41.6 Å². The molecule has 0 saturated heterocycles. The van der Waals surface area contributed by atoms with E-state index in [-0.39, 0.29) is 10.8 Å². The molecular formula is C14H20N5O2S+. The fraction of sp³-hybridized carbons (Fsp3) is 0.286. The lowest BCUT2D eigenvalue weighted by molar-refractivity contribution is -0.362. The Bertz CT molecular complexity index is 744. The maximum Gasteiger partial charge on any atom is 0.264 e. The predicted octanol–water partition coefficient (Wildman–Crippen LogP) is 0.548. The van der Waals surface area contributed by atoms with Crippen LogP contribution in [0.25, 0.3) is 0 Å². The average molecular weight is 322 g/mol. The monoisotopic (exact) mass is 322 g/mol. The first kappa shape index (κ1) is 16.2. The van der Waals surface area contributed by atoms with Crippen molar-refractivity contribution in [3.8, 4) is 0 Å². The molecule has 0 bridgehead atoms. The van der Waals surface area contributed by atoms with Crippen LogP contribution in [0.4, 0.5) is 11.8 Å². The number of nitrogens with zero attached hydrogens (tertiary/aromatic N) is 2. The third-order valence-corrected chi connectivity index (χ3v) is 4.24. The van der Waals surface area contributed by atoms with Gasteiger partial charge in [0.1, 0.15) is 5.82 Å². The first-order valence-corrected chi connectivity index (χ1v) is 8.37. The van der Waals surface area contributed by atoms with Gasteiger partial charge in [0.05, 0.1) is 18.0 Å². The highest BCUT2D eigenvalue weighted by atomic mass is 32.2. The molecule has 0 atom stereocenters. The molecule has 0 saturated carbocycles. The molecule has 8 heteroatoms. The van der Waals surface area contributed by atoms with Gasteiger partial charge in [0.2, 0.25) is 5.95 Å². The van der Waals surface area contributed by atoms with E-state index in [4.69, 9.17) is 0 Å². The molecule has 0 radical (unpaired) electrons. The summed E-state index contributed by atoms with van der Waals surface area (Å²) in [4.78, 5) is 8.45. The molecule has 0 aliphatic rings. The SMILES string of the molecule is Cc1ccc(S(=O)(=O)Nc2nc(C)cc(NCC[NH3+])n2)cc1. The number of anilines is 2. The zero-order valence-corrected chi connectivity index (χ0v) is 13.4. The molecule has 22 heavy (non-hydrogen) atoms. The molecule has 1 aromatic carbocycles. The van der Waals surface area contributed by atoms with Crippen LogP contribution >= 0.6 is 0 Å². The molecule has 0 fully saturated rings. The fourth-order valence-corrected chi connectivity index (χ4v) is 2.76. The molecule has 0 aliphatic heterocycles. The number of benzene rings is 1. The molecule has 5 N–H and O–H groups in total. The minimum absolute atomic E-state index is 0.0483. The summed E-state index contributed by atoms with van der Waals surface area (Å²) in [5.41, 5.74) is 5.40. The topological polar surface area (TPSA) is 112 Å². The lowest BCUT2D eigenvalue weighted by atomic mass is 10.2. The van der Waals surface area contributed by atoms with E-state index in [9.17, 15) is 8.42 Å². The standard InChI is InChI=1S/C14H19N5O2S/c1-10-3-5-12(6-4-10)22(20,21)19-14-17-11(2)9-13(18-14)16-8-7-15/h3-6,9H,7-8,15H2,1-2H3,(H2,16,17,18,19)/p+1. The Kier molecular flexibility index (Phi) is 4.94. The van der Waals surface area contributed by atoms with Crippen molar-refractivity contribution in [1.82, 2.24) is 9.97 Å². The van der Waals surface area contributed by atoms with Gasteiger partial charge in [-0.25, -0.2) is 18.1 Å². The average Bonchev–Trinajstić information content (AvgIpc) is 2.44. The summed E-state index contributed by atoms with van der Waals surface area (Å²) < 4.78 is 27.1. The van der Waals surface area contributed by atoms with Gasteiger partial charge in [0.15, 0.2) is 0 Å². The Morgan fingerprint density at radius 1 is 1.14 bits per heavy atom. The molecule has 1 heterocycles.